The summed E-state index contributed by atoms with van der Waals surface area (Å²) in [6.07, 6.45) is 12.9. The fourth-order valence-electron chi connectivity index (χ4n) is 6.35. The van der Waals surface area contributed by atoms with Crippen LogP contribution in [-0.4, -0.2) is 59.0 Å². The number of rotatable bonds is 8. The van der Waals surface area contributed by atoms with E-state index in [0.29, 0.717) is 5.41 Å². The molecule has 0 amide bonds. The van der Waals surface area contributed by atoms with E-state index in [1.54, 1.807) is 11.8 Å². The molecule has 5 nitrogen and oxygen atoms in total. The average molecular weight is 548 g/mol. The maximum absolute atomic E-state index is 6.37. The smallest absolute Gasteiger partial charge is 0.147 e. The summed E-state index contributed by atoms with van der Waals surface area (Å²) in [7, 11) is 0. The molecule has 7 heteroatoms. The highest BCUT2D eigenvalue weighted by molar-refractivity contribution is 7.99. The molecular formula is C31H38ClN5S. The first-order valence-electron chi connectivity index (χ1n) is 14.2. The van der Waals surface area contributed by atoms with Gasteiger partial charge in [-0.15, -0.1) is 0 Å². The van der Waals surface area contributed by atoms with E-state index in [4.69, 9.17) is 16.6 Å². The molecular weight excluding hydrogens is 510 g/mol. The Labute approximate surface area is 236 Å². The zero-order valence-electron chi connectivity index (χ0n) is 22.2. The monoisotopic (exact) mass is 547 g/mol. The van der Waals surface area contributed by atoms with Gasteiger partial charge in [0.1, 0.15) is 5.82 Å². The van der Waals surface area contributed by atoms with Crippen molar-refractivity contribution < 1.29 is 0 Å². The molecule has 0 aliphatic carbocycles. The highest BCUT2D eigenvalue weighted by atomic mass is 35.5. The third-order valence-electron chi connectivity index (χ3n) is 8.74. The number of unbranched alkanes of at least 4 members (excludes halogenated alkanes) is 2. The van der Waals surface area contributed by atoms with Crippen molar-refractivity contribution >= 4 is 34.9 Å². The molecule has 5 heterocycles. The SMILES string of the molecule is Clc1ccc2c(c1)N(CCCCCN1CCC3(CC1)CCN(Cc1ccccn1)CC3)c1ncccc1S2. The van der Waals surface area contributed by atoms with Crippen LogP contribution >= 0.6 is 23.4 Å². The van der Waals surface area contributed by atoms with Crippen molar-refractivity contribution in [3.05, 3.63) is 71.6 Å². The third-order valence-corrected chi connectivity index (χ3v) is 10.1. The number of hydrogen-bond acceptors (Lipinski definition) is 6. The molecule has 0 atom stereocenters. The molecule has 0 unspecified atom stereocenters. The van der Waals surface area contributed by atoms with E-state index in [9.17, 15) is 0 Å². The second-order valence-corrected chi connectivity index (χ2v) is 12.7. The van der Waals surface area contributed by atoms with Gasteiger partial charge in [0.05, 0.1) is 16.3 Å². The van der Waals surface area contributed by atoms with Crippen molar-refractivity contribution in [2.45, 2.75) is 61.3 Å². The summed E-state index contributed by atoms with van der Waals surface area (Å²) < 4.78 is 0. The van der Waals surface area contributed by atoms with E-state index in [2.05, 4.69) is 50.0 Å². The van der Waals surface area contributed by atoms with Gasteiger partial charge in [0.25, 0.3) is 0 Å². The number of piperidine rings is 2. The van der Waals surface area contributed by atoms with Gasteiger partial charge >= 0.3 is 0 Å². The molecule has 1 aromatic carbocycles. The standard InChI is InChI=1S/C31H38ClN5S/c32-25-9-10-28-27(23-25)37(30-29(38-28)8-6-16-34-30)18-5-1-4-17-35-19-11-31(12-20-35)13-21-36(22-14-31)24-26-7-2-3-15-33-26/h2-3,6-10,15-16,23H,1,4-5,11-14,17-22,24H2. The topological polar surface area (TPSA) is 35.5 Å². The van der Waals surface area contributed by atoms with Crippen molar-refractivity contribution in [1.82, 2.24) is 19.8 Å². The predicted octanol–water partition coefficient (Wildman–Crippen LogP) is 7.28. The van der Waals surface area contributed by atoms with Crippen LogP contribution in [0.15, 0.2) is 70.7 Å². The molecule has 0 N–H and O–H groups in total. The van der Waals surface area contributed by atoms with Crippen LogP contribution < -0.4 is 4.90 Å². The second kappa shape index (κ2) is 12.0. The Morgan fingerprint density at radius 2 is 1.53 bits per heavy atom. The number of pyridine rings is 2. The number of benzene rings is 1. The number of nitrogens with zero attached hydrogens (tertiary/aromatic N) is 5. The molecule has 1 spiro atoms. The average Bonchev–Trinajstić information content (AvgIpc) is 2.95. The maximum atomic E-state index is 6.37. The van der Waals surface area contributed by atoms with E-state index in [0.717, 1.165) is 30.4 Å². The van der Waals surface area contributed by atoms with Gasteiger partial charge in [-0.1, -0.05) is 35.9 Å². The van der Waals surface area contributed by atoms with Gasteiger partial charge in [-0.3, -0.25) is 9.88 Å². The summed E-state index contributed by atoms with van der Waals surface area (Å²) in [6.45, 7) is 8.19. The van der Waals surface area contributed by atoms with Crippen molar-refractivity contribution in [3.63, 3.8) is 0 Å². The largest absolute Gasteiger partial charge is 0.324 e. The fraction of sp³-hybridized carbons (Fsp3) is 0.484. The van der Waals surface area contributed by atoms with Gasteiger partial charge in [-0.25, -0.2) is 4.98 Å². The maximum Gasteiger partial charge on any atom is 0.147 e. The number of aromatic nitrogens is 2. The number of hydrogen-bond donors (Lipinski definition) is 0. The predicted molar refractivity (Wildman–Crippen MR) is 158 cm³/mol. The molecule has 2 fully saturated rings. The minimum absolute atomic E-state index is 0.582. The van der Waals surface area contributed by atoms with Crippen molar-refractivity contribution in [2.75, 3.05) is 44.2 Å². The van der Waals surface area contributed by atoms with Gasteiger partial charge < -0.3 is 9.80 Å². The highest BCUT2D eigenvalue weighted by Crippen LogP contribution is 2.48. The van der Waals surface area contributed by atoms with Crippen LogP contribution in [-0.2, 0) is 6.54 Å². The molecule has 200 valence electrons. The molecule has 38 heavy (non-hydrogen) atoms. The van der Waals surface area contributed by atoms with E-state index in [-0.39, 0.29) is 0 Å². The summed E-state index contributed by atoms with van der Waals surface area (Å²) in [5.41, 5.74) is 2.98. The molecule has 0 saturated carbocycles. The zero-order chi connectivity index (χ0) is 25.8. The zero-order valence-corrected chi connectivity index (χ0v) is 23.8. The van der Waals surface area contributed by atoms with Gasteiger partial charge in [0.2, 0.25) is 0 Å². The lowest BCUT2D eigenvalue weighted by atomic mass is 9.71. The van der Waals surface area contributed by atoms with Crippen LogP contribution in [0.2, 0.25) is 5.02 Å². The van der Waals surface area contributed by atoms with Crippen LogP contribution in [0.25, 0.3) is 0 Å². The third kappa shape index (κ3) is 6.04. The van der Waals surface area contributed by atoms with Crippen molar-refractivity contribution in [3.8, 4) is 0 Å². The Balaban J connectivity index is 0.931. The molecule has 3 aliphatic rings. The number of likely N-dealkylation sites (tertiary alicyclic amines) is 2. The highest BCUT2D eigenvalue weighted by Gasteiger charge is 2.37. The van der Waals surface area contributed by atoms with Gasteiger partial charge in [0.15, 0.2) is 0 Å². The van der Waals surface area contributed by atoms with Gasteiger partial charge in [-0.2, -0.15) is 0 Å². The van der Waals surface area contributed by atoms with Crippen LogP contribution in [0, 0.1) is 5.41 Å². The van der Waals surface area contributed by atoms with E-state index >= 15 is 0 Å². The lowest BCUT2D eigenvalue weighted by molar-refractivity contribution is 0.0316. The second-order valence-electron chi connectivity index (χ2n) is 11.2. The van der Waals surface area contributed by atoms with Gasteiger partial charge in [0, 0.05) is 35.4 Å². The Kier molecular flexibility index (Phi) is 8.21. The van der Waals surface area contributed by atoms with Crippen LogP contribution in [0.5, 0.6) is 0 Å². The van der Waals surface area contributed by atoms with E-state index in [1.807, 2.05) is 30.6 Å². The molecule has 2 aromatic heterocycles. The summed E-state index contributed by atoms with van der Waals surface area (Å²) >= 11 is 8.16. The minimum atomic E-state index is 0.582. The first-order valence-corrected chi connectivity index (χ1v) is 15.4. The lowest BCUT2D eigenvalue weighted by Gasteiger charge is -2.47. The van der Waals surface area contributed by atoms with E-state index in [1.165, 1.54) is 92.4 Å². The Morgan fingerprint density at radius 3 is 2.32 bits per heavy atom. The number of halogens is 1. The molecule has 0 bridgehead atoms. The first kappa shape index (κ1) is 26.1. The molecule has 3 aromatic rings. The van der Waals surface area contributed by atoms with Crippen molar-refractivity contribution in [1.29, 1.82) is 0 Å². The first-order chi connectivity index (χ1) is 18.7. The normalized spacial score (nSPS) is 19.3. The lowest BCUT2D eigenvalue weighted by Crippen LogP contribution is -2.46. The van der Waals surface area contributed by atoms with Crippen LogP contribution in [0.4, 0.5) is 11.5 Å². The molecule has 2 saturated heterocycles. The summed E-state index contributed by atoms with van der Waals surface area (Å²) in [5.74, 6) is 1.07. The number of fused-ring (bicyclic) bond motifs is 2. The quantitative estimate of drug-likeness (QED) is 0.276. The van der Waals surface area contributed by atoms with Gasteiger partial charge in [-0.05, 0) is 119 Å². The fourth-order valence-corrected chi connectivity index (χ4v) is 7.56. The summed E-state index contributed by atoms with van der Waals surface area (Å²) in [5, 5.41) is 0.787. The summed E-state index contributed by atoms with van der Waals surface area (Å²) in [4.78, 5) is 19.4. The summed E-state index contributed by atoms with van der Waals surface area (Å²) in [6, 6.07) is 16.7. The molecule has 6 rings (SSSR count). The Morgan fingerprint density at radius 1 is 0.763 bits per heavy atom. The Hall–Kier alpha value is -2.12. The number of anilines is 2. The minimum Gasteiger partial charge on any atom is -0.324 e. The van der Waals surface area contributed by atoms with Crippen LogP contribution in [0.3, 0.4) is 0 Å². The Bertz CT molecular complexity index is 1200. The molecule has 3 aliphatic heterocycles. The van der Waals surface area contributed by atoms with Crippen LogP contribution in [0.1, 0.15) is 50.6 Å². The van der Waals surface area contributed by atoms with E-state index < -0.39 is 0 Å². The van der Waals surface area contributed by atoms with Crippen molar-refractivity contribution in [2.24, 2.45) is 5.41 Å². The molecule has 0 radical (unpaired) electrons.